The summed E-state index contributed by atoms with van der Waals surface area (Å²) in [6.07, 6.45) is 0. The Morgan fingerprint density at radius 3 is 1.82 bits per heavy atom. The highest BCUT2D eigenvalue weighted by Crippen LogP contribution is 2.41. The van der Waals surface area contributed by atoms with E-state index >= 15 is 0 Å². The molecule has 2 aromatic heterocycles. The molecule has 0 aliphatic rings. The lowest BCUT2D eigenvalue weighted by Crippen LogP contribution is -1.96. The van der Waals surface area contributed by atoms with Crippen molar-refractivity contribution in [2.24, 2.45) is 4.99 Å². The van der Waals surface area contributed by atoms with E-state index in [-0.39, 0.29) is 0 Å². The van der Waals surface area contributed by atoms with E-state index in [9.17, 15) is 0 Å². The molecule has 0 saturated carbocycles. The molecule has 0 radical (unpaired) electrons. The van der Waals surface area contributed by atoms with Gasteiger partial charge in [0.2, 0.25) is 0 Å². The van der Waals surface area contributed by atoms with Crippen LogP contribution in [0.15, 0.2) is 138 Å². The third-order valence-electron chi connectivity index (χ3n) is 7.87. The minimum atomic E-state index is 0.886. The van der Waals surface area contributed by atoms with Crippen LogP contribution in [0.2, 0.25) is 0 Å². The van der Waals surface area contributed by atoms with Crippen LogP contribution in [0.25, 0.3) is 69.9 Å². The summed E-state index contributed by atoms with van der Waals surface area (Å²) >= 11 is 1.85. The average molecular weight is 529 g/mol. The minimum Gasteiger partial charge on any atom is -0.309 e. The Morgan fingerprint density at radius 2 is 1.10 bits per heavy atom. The Labute approximate surface area is 236 Å². The molecule has 8 rings (SSSR count). The highest BCUT2D eigenvalue weighted by atomic mass is 32.1. The number of hydrogen-bond donors (Lipinski definition) is 0. The van der Waals surface area contributed by atoms with E-state index in [2.05, 4.69) is 138 Å². The van der Waals surface area contributed by atoms with E-state index in [0.717, 1.165) is 11.3 Å². The fourth-order valence-electron chi connectivity index (χ4n) is 6.00. The zero-order valence-corrected chi connectivity index (χ0v) is 22.5. The first-order chi connectivity index (χ1) is 19.8. The van der Waals surface area contributed by atoms with Crippen molar-refractivity contribution in [1.82, 2.24) is 4.57 Å². The van der Waals surface area contributed by atoms with Crippen LogP contribution >= 0.6 is 11.3 Å². The smallest absolute Gasteiger partial charge is 0.0628 e. The minimum absolute atomic E-state index is 0.886. The van der Waals surface area contributed by atoms with Gasteiger partial charge in [-0.3, -0.25) is 4.99 Å². The van der Waals surface area contributed by atoms with Gasteiger partial charge in [0.1, 0.15) is 0 Å². The maximum atomic E-state index is 4.12. The van der Waals surface area contributed by atoms with Gasteiger partial charge in [-0.1, -0.05) is 78.9 Å². The van der Waals surface area contributed by atoms with Gasteiger partial charge < -0.3 is 4.57 Å². The average Bonchev–Trinajstić information content (AvgIpc) is 3.56. The van der Waals surface area contributed by atoms with Gasteiger partial charge in [0.05, 0.1) is 22.4 Å². The molecule has 0 aliphatic heterocycles. The number of aliphatic imine (C=N–C) groups is 1. The van der Waals surface area contributed by atoms with Gasteiger partial charge in [0, 0.05) is 36.5 Å². The van der Waals surface area contributed by atoms with Crippen molar-refractivity contribution in [3.8, 4) is 27.9 Å². The van der Waals surface area contributed by atoms with Crippen LogP contribution in [0.1, 0.15) is 0 Å². The summed E-state index contributed by atoms with van der Waals surface area (Å²) in [5.41, 5.74) is 9.29. The van der Waals surface area contributed by atoms with Crippen LogP contribution < -0.4 is 0 Å². The summed E-state index contributed by atoms with van der Waals surface area (Å²) in [4.78, 5) is 4.12. The van der Waals surface area contributed by atoms with Crippen molar-refractivity contribution in [2.75, 3.05) is 0 Å². The van der Waals surface area contributed by atoms with Gasteiger partial charge in [-0.15, -0.1) is 11.3 Å². The van der Waals surface area contributed by atoms with Crippen LogP contribution in [0.4, 0.5) is 5.69 Å². The molecule has 0 bridgehead atoms. The number of rotatable bonds is 4. The van der Waals surface area contributed by atoms with Crippen molar-refractivity contribution < 1.29 is 0 Å². The standard InChI is InChI=1S/C37H24N2S/c1-38-27-10-8-9-24(21-27)25-17-19-36-31(22-25)32-23-26(18-20-37(32)40-36)28-11-2-5-14-33(28)39-34-15-6-3-12-29(34)30-13-4-7-16-35(30)39/h2-23H,1H2. The molecule has 2 nitrogen and oxygen atoms in total. The lowest BCUT2D eigenvalue weighted by atomic mass is 9.99. The third kappa shape index (κ3) is 3.52. The van der Waals surface area contributed by atoms with Gasteiger partial charge >= 0.3 is 0 Å². The zero-order chi connectivity index (χ0) is 26.6. The van der Waals surface area contributed by atoms with Crippen molar-refractivity contribution in [3.05, 3.63) is 133 Å². The second-order valence-electron chi connectivity index (χ2n) is 10.1. The topological polar surface area (TPSA) is 17.3 Å². The SMILES string of the molecule is C=Nc1cccc(-c2ccc3sc4ccc(-c5ccccc5-n5c6ccccc6c6ccccc65)cc4c3c2)c1. The number of nitrogens with zero attached hydrogens (tertiary/aromatic N) is 2. The van der Waals surface area contributed by atoms with Crippen molar-refractivity contribution in [2.45, 2.75) is 0 Å². The molecule has 0 N–H and O–H groups in total. The van der Waals surface area contributed by atoms with E-state index in [1.807, 2.05) is 23.5 Å². The number of para-hydroxylation sites is 3. The fourth-order valence-corrected chi connectivity index (χ4v) is 7.07. The largest absolute Gasteiger partial charge is 0.309 e. The molecule has 0 atom stereocenters. The second-order valence-corrected chi connectivity index (χ2v) is 11.2. The van der Waals surface area contributed by atoms with Gasteiger partial charge in [-0.25, -0.2) is 0 Å². The maximum absolute atomic E-state index is 4.12. The Balaban J connectivity index is 1.34. The first kappa shape index (κ1) is 22.9. The summed E-state index contributed by atoms with van der Waals surface area (Å²) < 4.78 is 5.01. The molecule has 0 amide bonds. The maximum Gasteiger partial charge on any atom is 0.0628 e. The summed E-state index contributed by atoms with van der Waals surface area (Å²) in [6, 6.07) is 48.1. The lowest BCUT2D eigenvalue weighted by molar-refractivity contribution is 1.18. The predicted octanol–water partition coefficient (Wildman–Crippen LogP) is 10.8. The number of benzene rings is 6. The lowest BCUT2D eigenvalue weighted by Gasteiger charge is -2.14. The molecular weight excluding hydrogens is 504 g/mol. The Morgan fingerprint density at radius 1 is 0.500 bits per heavy atom. The molecular formula is C37H24N2S. The molecule has 0 unspecified atom stereocenters. The van der Waals surface area contributed by atoms with E-state index in [0.29, 0.717) is 0 Å². The molecule has 2 heterocycles. The molecule has 8 aromatic rings. The van der Waals surface area contributed by atoms with Crippen molar-refractivity contribution >= 4 is 65.7 Å². The highest BCUT2D eigenvalue weighted by Gasteiger charge is 2.16. The molecule has 3 heteroatoms. The first-order valence-corrected chi connectivity index (χ1v) is 14.2. The van der Waals surface area contributed by atoms with Gasteiger partial charge in [0.25, 0.3) is 0 Å². The zero-order valence-electron chi connectivity index (χ0n) is 21.7. The number of hydrogen-bond acceptors (Lipinski definition) is 2. The van der Waals surface area contributed by atoms with E-state index < -0.39 is 0 Å². The summed E-state index contributed by atoms with van der Waals surface area (Å²) in [5.74, 6) is 0. The molecule has 6 aromatic carbocycles. The van der Waals surface area contributed by atoms with Crippen LogP contribution in [-0.2, 0) is 0 Å². The van der Waals surface area contributed by atoms with Crippen molar-refractivity contribution in [1.29, 1.82) is 0 Å². The van der Waals surface area contributed by atoms with Crippen LogP contribution in [0, 0.1) is 0 Å². The van der Waals surface area contributed by atoms with Crippen LogP contribution in [-0.4, -0.2) is 11.3 Å². The predicted molar refractivity (Wildman–Crippen MR) is 174 cm³/mol. The normalized spacial score (nSPS) is 11.6. The fraction of sp³-hybridized carbons (Fsp3) is 0. The van der Waals surface area contributed by atoms with Crippen LogP contribution in [0.5, 0.6) is 0 Å². The number of fused-ring (bicyclic) bond motifs is 6. The molecule has 0 aliphatic carbocycles. The highest BCUT2D eigenvalue weighted by molar-refractivity contribution is 7.25. The quantitative estimate of drug-likeness (QED) is 0.202. The van der Waals surface area contributed by atoms with Gasteiger partial charge in [0.15, 0.2) is 0 Å². The number of aromatic nitrogens is 1. The van der Waals surface area contributed by atoms with E-state index in [1.54, 1.807) is 0 Å². The summed E-state index contributed by atoms with van der Waals surface area (Å²) in [6.45, 7) is 3.70. The van der Waals surface area contributed by atoms with E-state index in [4.69, 9.17) is 0 Å². The molecule has 40 heavy (non-hydrogen) atoms. The second kappa shape index (κ2) is 9.04. The number of thiophene rings is 1. The Hall–Kier alpha value is -4.99. The molecule has 0 saturated heterocycles. The first-order valence-electron chi connectivity index (χ1n) is 13.4. The van der Waals surface area contributed by atoms with Crippen LogP contribution in [0.3, 0.4) is 0 Å². The Kier molecular flexibility index (Phi) is 5.19. The monoisotopic (exact) mass is 528 g/mol. The summed E-state index contributed by atoms with van der Waals surface area (Å²) in [5, 5.41) is 5.12. The third-order valence-corrected chi connectivity index (χ3v) is 9.02. The molecule has 0 fully saturated rings. The van der Waals surface area contributed by atoms with Gasteiger partial charge in [-0.2, -0.15) is 0 Å². The molecule has 188 valence electrons. The van der Waals surface area contributed by atoms with Crippen molar-refractivity contribution in [3.63, 3.8) is 0 Å². The molecule has 0 spiro atoms. The summed E-state index contributed by atoms with van der Waals surface area (Å²) in [7, 11) is 0. The Bertz CT molecular complexity index is 2200. The van der Waals surface area contributed by atoms with E-state index in [1.165, 1.54) is 64.4 Å². The van der Waals surface area contributed by atoms with Gasteiger partial charge in [-0.05, 0) is 78.0 Å².